The van der Waals surface area contributed by atoms with Crippen LogP contribution in [0.1, 0.15) is 26.3 Å². The summed E-state index contributed by atoms with van der Waals surface area (Å²) in [7, 11) is 0. The summed E-state index contributed by atoms with van der Waals surface area (Å²) in [6.07, 6.45) is 0. The first kappa shape index (κ1) is 53.6. The smallest absolute Gasteiger partial charge is 0.252 e. The molecule has 0 radical (unpaired) electrons. The summed E-state index contributed by atoms with van der Waals surface area (Å²) in [5.74, 6) is 0. The summed E-state index contributed by atoms with van der Waals surface area (Å²) in [6.45, 7) is 6.95. The van der Waals surface area contributed by atoms with Gasteiger partial charge < -0.3 is 14.0 Å². The van der Waals surface area contributed by atoms with E-state index < -0.39 is 0 Å². The van der Waals surface area contributed by atoms with Crippen molar-refractivity contribution in [2.75, 3.05) is 4.90 Å². The summed E-state index contributed by atoms with van der Waals surface area (Å²) in [5, 5.41) is 4.89. The fourth-order valence-corrected chi connectivity index (χ4v) is 15.2. The lowest BCUT2D eigenvalue weighted by Gasteiger charge is -2.43. The molecule has 0 spiro atoms. The number of fused-ring (bicyclic) bond motifs is 10. The van der Waals surface area contributed by atoms with Gasteiger partial charge in [0.05, 0.1) is 22.2 Å². The Kier molecular flexibility index (Phi) is 12.3. The summed E-state index contributed by atoms with van der Waals surface area (Å²) in [4.78, 5) is 2.71. The second-order valence-electron chi connectivity index (χ2n) is 26.0. The van der Waals surface area contributed by atoms with Crippen molar-refractivity contribution < 1.29 is 0 Å². The molecule has 18 rings (SSSR count). The van der Waals surface area contributed by atoms with Crippen LogP contribution in [0.5, 0.6) is 0 Å². The molecule has 0 bridgehead atoms. The lowest BCUT2D eigenvalue weighted by atomic mass is 9.33. The molecule has 2 aliphatic rings. The van der Waals surface area contributed by atoms with E-state index in [1.165, 1.54) is 138 Å². The second-order valence-corrected chi connectivity index (χ2v) is 26.0. The molecule has 0 N–H and O–H groups in total. The van der Waals surface area contributed by atoms with Gasteiger partial charge in [-0.3, -0.25) is 0 Å². The summed E-state index contributed by atoms with van der Waals surface area (Å²) < 4.78 is 5.17. The molecule has 0 saturated heterocycles. The minimum atomic E-state index is -0.241. The molecule has 0 fully saturated rings. The monoisotopic (exact) mass is 1170 g/mol. The van der Waals surface area contributed by atoms with Gasteiger partial charge in [-0.1, -0.05) is 257 Å². The molecule has 3 nitrogen and oxygen atoms in total. The minimum Gasteiger partial charge on any atom is -0.310 e. The zero-order valence-corrected chi connectivity index (χ0v) is 51.5. The zero-order valence-electron chi connectivity index (χ0n) is 51.5. The van der Waals surface area contributed by atoms with Crippen molar-refractivity contribution in [3.63, 3.8) is 0 Å². The maximum absolute atomic E-state index is 2.71. The Balaban J connectivity index is 1.01. The molecule has 0 aliphatic carbocycles. The van der Waals surface area contributed by atoms with Gasteiger partial charge in [-0.05, 0) is 179 Å². The molecular formula is C88H62BN3. The quantitative estimate of drug-likeness (QED) is 0.131. The van der Waals surface area contributed by atoms with Crippen LogP contribution < -0.4 is 21.3 Å². The van der Waals surface area contributed by atoms with Crippen molar-refractivity contribution in [1.29, 1.82) is 0 Å². The number of hydrogen-bond acceptors (Lipinski definition) is 1. The standard InChI is InChI=1S/C88H62BN3/c1-88(2,3)69-53-83-85-84(54-69)92(86-72(60-32-16-7-17-33-60)49-67(59-30-14-6-15-31-59)50-73(86)61-34-18-8-19-35-61)82-55-75-71-42-22-23-43-79(71)90(70-40-20-9-21-41-70)81(75)56-77(82)89(85)78-52-68(65-39-25-37-63(47-65)58-28-12-5-13-29-58)51-76-74-48-66(44-45-80(74)91(83)87(76)78)64-38-24-36-62(46-64)57-26-10-4-11-27-57/h4-56H,1-3H3. The van der Waals surface area contributed by atoms with Gasteiger partial charge >= 0.3 is 0 Å². The van der Waals surface area contributed by atoms with Crippen molar-refractivity contribution >= 4 is 83.8 Å². The Bertz CT molecular complexity index is 5530. The van der Waals surface area contributed by atoms with Gasteiger partial charge in [0.25, 0.3) is 6.71 Å². The van der Waals surface area contributed by atoms with Crippen LogP contribution in [0.4, 0.5) is 17.1 Å². The Morgan fingerprint density at radius 1 is 0.272 bits per heavy atom. The largest absolute Gasteiger partial charge is 0.310 e. The molecule has 2 aliphatic heterocycles. The highest BCUT2D eigenvalue weighted by Gasteiger charge is 2.45. The number of rotatable bonds is 9. The molecule has 0 unspecified atom stereocenters. The Labute approximate surface area is 537 Å². The highest BCUT2D eigenvalue weighted by molar-refractivity contribution is 7.00. The van der Waals surface area contributed by atoms with E-state index in [0.717, 1.165) is 33.6 Å². The topological polar surface area (TPSA) is 13.1 Å². The molecule has 16 aromatic rings. The highest BCUT2D eigenvalue weighted by Crippen LogP contribution is 2.53. The zero-order chi connectivity index (χ0) is 61.2. The predicted molar refractivity (Wildman–Crippen MR) is 391 cm³/mol. The number of hydrogen-bond donors (Lipinski definition) is 0. The van der Waals surface area contributed by atoms with Gasteiger partial charge in [-0.2, -0.15) is 0 Å². The molecule has 0 atom stereocenters. The Morgan fingerprint density at radius 2 is 0.717 bits per heavy atom. The van der Waals surface area contributed by atoms with Gasteiger partial charge in [-0.25, -0.2) is 0 Å². The van der Waals surface area contributed by atoms with E-state index >= 15 is 0 Å². The van der Waals surface area contributed by atoms with E-state index in [2.05, 4.69) is 356 Å². The SMILES string of the molecule is CC(C)(C)c1cc2c3c(c1)-n1c4ccc(-c5cccc(-c6ccccc6)c5)cc4c4cc(-c5cccc(-c6ccccc6)c5)cc(c41)B3c1cc3c(cc1N2c1c(-c2ccccc2)cc(-c2ccccc2)cc1-c1ccccc1)c1ccccc1n3-c1ccccc1. The van der Waals surface area contributed by atoms with Crippen LogP contribution in [0.3, 0.4) is 0 Å². The van der Waals surface area contributed by atoms with Crippen molar-refractivity contribution in [3.05, 3.63) is 327 Å². The first-order chi connectivity index (χ1) is 45.3. The maximum atomic E-state index is 2.71. The van der Waals surface area contributed by atoms with E-state index in [1.807, 2.05) is 0 Å². The van der Waals surface area contributed by atoms with E-state index in [9.17, 15) is 0 Å². The van der Waals surface area contributed by atoms with Crippen LogP contribution in [0, 0.1) is 0 Å². The molecule has 0 saturated carbocycles. The normalized spacial score (nSPS) is 12.5. The maximum Gasteiger partial charge on any atom is 0.252 e. The van der Waals surface area contributed by atoms with Gasteiger partial charge in [0.2, 0.25) is 0 Å². The Morgan fingerprint density at radius 3 is 1.30 bits per heavy atom. The highest BCUT2D eigenvalue weighted by atomic mass is 15.2. The number of nitrogens with zero attached hydrogens (tertiary/aromatic N) is 3. The molecule has 4 heterocycles. The summed E-state index contributed by atoms with van der Waals surface area (Å²) >= 11 is 0. The summed E-state index contributed by atoms with van der Waals surface area (Å²) in [6, 6.07) is 121. The number of anilines is 3. The van der Waals surface area contributed by atoms with Crippen LogP contribution in [-0.4, -0.2) is 15.8 Å². The van der Waals surface area contributed by atoms with Crippen molar-refractivity contribution in [1.82, 2.24) is 9.13 Å². The third-order valence-electron chi connectivity index (χ3n) is 19.6. The molecule has 4 heteroatoms. The number of benzene rings is 14. The lowest BCUT2D eigenvalue weighted by molar-refractivity contribution is 0.590. The fourth-order valence-electron chi connectivity index (χ4n) is 15.2. The Hall–Kier alpha value is -11.5. The van der Waals surface area contributed by atoms with E-state index in [-0.39, 0.29) is 12.1 Å². The van der Waals surface area contributed by atoms with Gasteiger partial charge in [0.15, 0.2) is 0 Å². The summed E-state index contributed by atoms with van der Waals surface area (Å²) in [5.41, 5.74) is 32.0. The molecule has 14 aromatic carbocycles. The molecular weight excluding hydrogens is 1110 g/mol. The fraction of sp³-hybridized carbons (Fsp3) is 0.0455. The van der Waals surface area contributed by atoms with Gasteiger partial charge in [0.1, 0.15) is 0 Å². The van der Waals surface area contributed by atoms with E-state index in [4.69, 9.17) is 0 Å². The predicted octanol–water partition coefficient (Wildman–Crippen LogP) is 21.5. The van der Waals surface area contributed by atoms with Gasteiger partial charge in [0, 0.05) is 60.9 Å². The van der Waals surface area contributed by atoms with Crippen LogP contribution in [-0.2, 0) is 5.41 Å². The average Bonchev–Trinajstić information content (AvgIpc) is 1.38. The molecule has 432 valence electrons. The lowest BCUT2D eigenvalue weighted by Crippen LogP contribution is -2.60. The number of para-hydroxylation sites is 2. The van der Waals surface area contributed by atoms with Crippen LogP contribution in [0.25, 0.3) is 133 Å². The third kappa shape index (κ3) is 8.59. The minimum absolute atomic E-state index is 0.200. The third-order valence-corrected chi connectivity index (χ3v) is 19.6. The van der Waals surface area contributed by atoms with Crippen LogP contribution in [0.2, 0.25) is 0 Å². The van der Waals surface area contributed by atoms with Crippen molar-refractivity contribution in [2.45, 2.75) is 26.2 Å². The molecule has 2 aromatic heterocycles. The van der Waals surface area contributed by atoms with Crippen molar-refractivity contribution in [2.24, 2.45) is 0 Å². The first-order valence-corrected chi connectivity index (χ1v) is 32.2. The van der Waals surface area contributed by atoms with E-state index in [0.29, 0.717) is 0 Å². The molecule has 0 amide bonds. The van der Waals surface area contributed by atoms with Crippen LogP contribution in [0.15, 0.2) is 322 Å². The van der Waals surface area contributed by atoms with E-state index in [1.54, 1.807) is 0 Å². The van der Waals surface area contributed by atoms with Crippen molar-refractivity contribution in [3.8, 4) is 89.3 Å². The molecule has 92 heavy (non-hydrogen) atoms. The van der Waals surface area contributed by atoms with Crippen LogP contribution >= 0.6 is 0 Å². The second kappa shape index (κ2) is 21.1. The number of aromatic nitrogens is 2. The first-order valence-electron chi connectivity index (χ1n) is 32.2. The van der Waals surface area contributed by atoms with Gasteiger partial charge in [-0.15, -0.1) is 0 Å². The average molecular weight is 1170 g/mol.